The Bertz CT molecular complexity index is 364. The molecule has 1 aromatic carbocycles. The van der Waals surface area contributed by atoms with Crippen LogP contribution in [0.25, 0.3) is 0 Å². The second-order valence-electron chi connectivity index (χ2n) is 4.31. The Hall–Kier alpha value is -0.310. The van der Waals surface area contributed by atoms with Gasteiger partial charge < -0.3 is 0 Å². The summed E-state index contributed by atoms with van der Waals surface area (Å²) in [5, 5.41) is 0. The van der Waals surface area contributed by atoms with Crippen LogP contribution in [0.1, 0.15) is 32.3 Å². The normalized spacial score (nSPS) is 27.4. The number of hydrogen-bond acceptors (Lipinski definition) is 0. The summed E-state index contributed by atoms with van der Waals surface area (Å²) >= 11 is 0.298. The molecule has 1 aliphatic heterocycles. The van der Waals surface area contributed by atoms with Crippen molar-refractivity contribution in [3.8, 4) is 0 Å². The molecule has 82 valence electrons. The van der Waals surface area contributed by atoms with Crippen LogP contribution >= 0.6 is 0 Å². The van der Waals surface area contributed by atoms with E-state index >= 15 is 0 Å². The van der Waals surface area contributed by atoms with Crippen molar-refractivity contribution < 1.29 is 21.2 Å². The van der Waals surface area contributed by atoms with Crippen LogP contribution in [0.15, 0.2) is 39.5 Å². The maximum absolute atomic E-state index is 2.39. The minimum absolute atomic E-state index is 0.298. The predicted octanol–water partition coefficient (Wildman–Crippen LogP) is 0.803. The first-order valence-electron chi connectivity index (χ1n) is 5.51. The van der Waals surface area contributed by atoms with Crippen LogP contribution in [0, 0.1) is 5.92 Å². The standard InChI is InChI=1S/C14H18I/c1-10-11(2)14(9-15-12(10)3)13-7-5-4-6-8-13/h4-8,11,14H,9H2,1-3H3/q-1/t11-,14+/m0/s1. The van der Waals surface area contributed by atoms with E-state index in [1.165, 1.54) is 9.99 Å². The van der Waals surface area contributed by atoms with Crippen LogP contribution in [0.4, 0.5) is 0 Å². The SMILES string of the molecule is CC1=C(C)[C@H](C)[C@H](c2ccccc2)C[I-]1. The summed E-state index contributed by atoms with van der Waals surface area (Å²) in [6, 6.07) is 11.0. The van der Waals surface area contributed by atoms with Crippen molar-refractivity contribution in [1.82, 2.24) is 0 Å². The van der Waals surface area contributed by atoms with Gasteiger partial charge >= 0.3 is 103 Å². The molecule has 2 rings (SSSR count). The topological polar surface area (TPSA) is 0 Å². The van der Waals surface area contributed by atoms with Crippen molar-refractivity contribution >= 4 is 0 Å². The molecule has 2 atom stereocenters. The van der Waals surface area contributed by atoms with Crippen molar-refractivity contribution in [3.63, 3.8) is 0 Å². The number of benzene rings is 1. The first kappa shape index (κ1) is 11.2. The molecular weight excluding hydrogens is 295 g/mol. The van der Waals surface area contributed by atoms with Crippen molar-refractivity contribution in [2.75, 3.05) is 4.43 Å². The van der Waals surface area contributed by atoms with E-state index in [4.69, 9.17) is 0 Å². The van der Waals surface area contributed by atoms with Gasteiger partial charge in [-0.1, -0.05) is 0 Å². The average Bonchev–Trinajstić information content (AvgIpc) is 2.27. The summed E-state index contributed by atoms with van der Waals surface area (Å²) in [7, 11) is 0. The zero-order valence-corrected chi connectivity index (χ0v) is 11.8. The minimum atomic E-state index is 0.298. The molecule has 0 radical (unpaired) electrons. The Morgan fingerprint density at radius 2 is 1.80 bits per heavy atom. The molecule has 0 fully saturated rings. The number of halogens is 1. The van der Waals surface area contributed by atoms with Gasteiger partial charge in [0.15, 0.2) is 0 Å². The fourth-order valence-electron chi connectivity index (χ4n) is 2.13. The first-order valence-corrected chi connectivity index (χ1v) is 8.12. The van der Waals surface area contributed by atoms with Gasteiger partial charge in [-0.2, -0.15) is 0 Å². The summed E-state index contributed by atoms with van der Waals surface area (Å²) < 4.78 is 3.14. The third-order valence-corrected chi connectivity index (χ3v) is 6.89. The van der Waals surface area contributed by atoms with Gasteiger partial charge in [-0.05, 0) is 0 Å². The summed E-state index contributed by atoms with van der Waals surface area (Å²) in [4.78, 5) is 0. The molecular formula is C14H18I-. The third kappa shape index (κ3) is 2.27. The molecule has 0 nitrogen and oxygen atoms in total. The van der Waals surface area contributed by atoms with Gasteiger partial charge in [0.25, 0.3) is 0 Å². The summed E-state index contributed by atoms with van der Waals surface area (Å²) in [5.41, 5.74) is 3.19. The van der Waals surface area contributed by atoms with Gasteiger partial charge in [0, 0.05) is 0 Å². The Balaban J connectivity index is 2.27. The van der Waals surface area contributed by atoms with E-state index < -0.39 is 0 Å². The molecule has 0 unspecified atom stereocenters. The van der Waals surface area contributed by atoms with E-state index in [1.54, 1.807) is 9.15 Å². The Morgan fingerprint density at radius 1 is 1.13 bits per heavy atom. The molecule has 0 amide bonds. The van der Waals surface area contributed by atoms with Crippen molar-refractivity contribution in [2.24, 2.45) is 5.92 Å². The molecule has 0 aliphatic carbocycles. The average molecular weight is 313 g/mol. The summed E-state index contributed by atoms with van der Waals surface area (Å²) in [6.07, 6.45) is 0. The van der Waals surface area contributed by atoms with Gasteiger partial charge in [-0.3, -0.25) is 0 Å². The monoisotopic (exact) mass is 313 g/mol. The number of allylic oxidation sites excluding steroid dienone is 2. The second-order valence-corrected chi connectivity index (χ2v) is 7.57. The molecule has 1 aliphatic rings. The van der Waals surface area contributed by atoms with E-state index in [0.29, 0.717) is 21.2 Å². The fourth-order valence-corrected chi connectivity index (χ4v) is 5.63. The van der Waals surface area contributed by atoms with E-state index in [0.717, 1.165) is 11.8 Å². The van der Waals surface area contributed by atoms with Gasteiger partial charge in [0.05, 0.1) is 0 Å². The van der Waals surface area contributed by atoms with Crippen LogP contribution in [0.2, 0.25) is 0 Å². The quantitative estimate of drug-likeness (QED) is 0.532. The van der Waals surface area contributed by atoms with Crippen LogP contribution in [-0.2, 0) is 0 Å². The van der Waals surface area contributed by atoms with E-state index in [9.17, 15) is 0 Å². The van der Waals surface area contributed by atoms with Gasteiger partial charge in [0.1, 0.15) is 0 Å². The van der Waals surface area contributed by atoms with Crippen LogP contribution in [0.3, 0.4) is 0 Å². The van der Waals surface area contributed by atoms with Crippen molar-refractivity contribution in [3.05, 3.63) is 45.0 Å². The summed E-state index contributed by atoms with van der Waals surface area (Å²) in [6.45, 7) is 7.05. The molecule has 0 saturated carbocycles. The molecule has 1 heteroatoms. The number of rotatable bonds is 1. The van der Waals surface area contributed by atoms with E-state index in [2.05, 4.69) is 51.1 Å². The molecule has 0 N–H and O–H groups in total. The Morgan fingerprint density at radius 3 is 2.47 bits per heavy atom. The Labute approximate surface area is 103 Å². The maximum atomic E-state index is 2.39. The van der Waals surface area contributed by atoms with E-state index in [1.807, 2.05) is 0 Å². The van der Waals surface area contributed by atoms with Gasteiger partial charge in [0.2, 0.25) is 0 Å². The Kier molecular flexibility index (Phi) is 3.49. The molecule has 0 spiro atoms. The molecule has 15 heavy (non-hydrogen) atoms. The van der Waals surface area contributed by atoms with Crippen LogP contribution < -0.4 is 21.2 Å². The first-order chi connectivity index (χ1) is 7.20. The number of alkyl halides is 1. The van der Waals surface area contributed by atoms with Crippen molar-refractivity contribution in [1.29, 1.82) is 0 Å². The predicted molar refractivity (Wildman–Crippen MR) is 61.6 cm³/mol. The summed E-state index contributed by atoms with van der Waals surface area (Å²) in [5.74, 6) is 1.52. The van der Waals surface area contributed by atoms with E-state index in [-0.39, 0.29) is 0 Å². The van der Waals surface area contributed by atoms with Crippen molar-refractivity contribution in [2.45, 2.75) is 26.7 Å². The second kappa shape index (κ2) is 4.69. The van der Waals surface area contributed by atoms with Gasteiger partial charge in [-0.25, -0.2) is 0 Å². The molecule has 0 saturated heterocycles. The zero-order valence-electron chi connectivity index (χ0n) is 9.63. The number of hydrogen-bond donors (Lipinski definition) is 0. The van der Waals surface area contributed by atoms with Crippen LogP contribution in [0.5, 0.6) is 0 Å². The fraction of sp³-hybridized carbons (Fsp3) is 0.429. The van der Waals surface area contributed by atoms with Gasteiger partial charge in [-0.15, -0.1) is 0 Å². The van der Waals surface area contributed by atoms with Crippen LogP contribution in [-0.4, -0.2) is 4.43 Å². The third-order valence-electron chi connectivity index (χ3n) is 3.50. The molecule has 0 aromatic heterocycles. The molecule has 0 bridgehead atoms. The molecule has 1 heterocycles. The zero-order chi connectivity index (χ0) is 10.8. The molecule has 1 aromatic rings.